The predicted octanol–water partition coefficient (Wildman–Crippen LogP) is 3.75. The Morgan fingerprint density at radius 2 is 2.04 bits per heavy atom. The molecule has 0 bridgehead atoms. The van der Waals surface area contributed by atoms with Crippen molar-refractivity contribution in [3.05, 3.63) is 59.4 Å². The number of nitrogens with zero attached hydrogens (tertiary/aromatic N) is 2. The van der Waals surface area contributed by atoms with Gasteiger partial charge in [-0.25, -0.2) is 4.99 Å². The second-order valence-corrected chi connectivity index (χ2v) is 7.27. The zero-order valence-electron chi connectivity index (χ0n) is 16.0. The summed E-state index contributed by atoms with van der Waals surface area (Å²) in [5.41, 5.74) is 2.93. The fraction of sp³-hybridized carbons (Fsp3) is 0.429. The molecule has 0 aliphatic carbocycles. The highest BCUT2D eigenvalue weighted by Gasteiger charge is 2.33. The lowest BCUT2D eigenvalue weighted by molar-refractivity contribution is 0.0694. The Hall–Kier alpha value is -2.56. The number of hydrogen-bond donors (Lipinski definition) is 2. The average Bonchev–Trinajstić information content (AvgIpc) is 2.59. The van der Waals surface area contributed by atoms with E-state index in [0.29, 0.717) is 6.54 Å². The van der Waals surface area contributed by atoms with Crippen LogP contribution in [-0.2, 0) is 6.54 Å². The number of hydrogen-bond acceptors (Lipinski definition) is 3. The number of aliphatic imine (C=N–C) groups is 1. The van der Waals surface area contributed by atoms with E-state index < -0.39 is 0 Å². The van der Waals surface area contributed by atoms with Crippen molar-refractivity contribution in [3.63, 3.8) is 0 Å². The number of fused-ring (bicyclic) bond motifs is 1. The first-order valence-electron chi connectivity index (χ1n) is 9.22. The average molecular weight is 352 g/mol. The summed E-state index contributed by atoms with van der Waals surface area (Å²) < 4.78 is 6.12. The third-order valence-electron chi connectivity index (χ3n) is 4.38. The monoisotopic (exact) mass is 352 g/mol. The maximum absolute atomic E-state index is 6.12. The van der Waals surface area contributed by atoms with Crippen LogP contribution in [0.15, 0.2) is 47.5 Å². The summed E-state index contributed by atoms with van der Waals surface area (Å²) in [5, 5.41) is 6.93. The maximum atomic E-state index is 6.12. The molecule has 0 spiro atoms. The number of benzene rings is 1. The Morgan fingerprint density at radius 3 is 2.81 bits per heavy atom. The van der Waals surface area contributed by atoms with Gasteiger partial charge in [-0.15, -0.1) is 0 Å². The van der Waals surface area contributed by atoms with Crippen LogP contribution in [0.1, 0.15) is 50.2 Å². The molecule has 1 unspecified atom stereocenters. The molecular weight excluding hydrogens is 324 g/mol. The highest BCUT2D eigenvalue weighted by Crippen LogP contribution is 2.39. The van der Waals surface area contributed by atoms with E-state index in [2.05, 4.69) is 48.5 Å². The smallest absolute Gasteiger partial charge is 0.192 e. The molecule has 0 amide bonds. The lowest BCUT2D eigenvalue weighted by atomic mass is 9.90. The van der Waals surface area contributed by atoms with Crippen molar-refractivity contribution in [2.75, 3.05) is 6.54 Å². The molecule has 0 saturated carbocycles. The minimum Gasteiger partial charge on any atom is -0.487 e. The molecule has 0 radical (unpaired) electrons. The molecule has 1 atom stereocenters. The van der Waals surface area contributed by atoms with Crippen molar-refractivity contribution >= 4 is 5.96 Å². The van der Waals surface area contributed by atoms with Crippen LogP contribution < -0.4 is 15.4 Å². The first-order chi connectivity index (χ1) is 12.5. The van der Waals surface area contributed by atoms with Crippen LogP contribution >= 0.6 is 0 Å². The van der Waals surface area contributed by atoms with Gasteiger partial charge in [-0.3, -0.25) is 4.98 Å². The van der Waals surface area contributed by atoms with Crippen molar-refractivity contribution < 1.29 is 4.74 Å². The molecule has 0 fully saturated rings. The zero-order chi connectivity index (χ0) is 18.6. The van der Waals surface area contributed by atoms with E-state index in [0.717, 1.165) is 36.1 Å². The molecule has 138 valence electrons. The fourth-order valence-electron chi connectivity index (χ4n) is 3.26. The zero-order valence-corrected chi connectivity index (χ0v) is 16.0. The van der Waals surface area contributed by atoms with Gasteiger partial charge in [0, 0.05) is 24.2 Å². The van der Waals surface area contributed by atoms with Crippen molar-refractivity contribution in [1.29, 1.82) is 0 Å². The quantitative estimate of drug-likeness (QED) is 0.650. The third kappa shape index (κ3) is 4.54. The van der Waals surface area contributed by atoms with Gasteiger partial charge in [0.25, 0.3) is 0 Å². The molecule has 1 aliphatic heterocycles. The maximum Gasteiger partial charge on any atom is 0.192 e. The van der Waals surface area contributed by atoms with E-state index in [1.165, 1.54) is 5.56 Å². The van der Waals surface area contributed by atoms with Gasteiger partial charge in [0.05, 0.1) is 18.3 Å². The summed E-state index contributed by atoms with van der Waals surface area (Å²) in [6.45, 7) is 9.67. The second-order valence-electron chi connectivity index (χ2n) is 7.27. The lowest BCUT2D eigenvalue weighted by Crippen LogP contribution is -2.45. The van der Waals surface area contributed by atoms with E-state index in [-0.39, 0.29) is 11.6 Å². The van der Waals surface area contributed by atoms with Crippen molar-refractivity contribution in [3.8, 4) is 5.75 Å². The molecule has 5 heteroatoms. The van der Waals surface area contributed by atoms with E-state index in [1.54, 1.807) is 0 Å². The lowest BCUT2D eigenvalue weighted by Gasteiger charge is -2.38. The van der Waals surface area contributed by atoms with Crippen molar-refractivity contribution in [2.24, 2.45) is 4.99 Å². The minimum atomic E-state index is -0.221. The molecular formula is C21H28N4O. The summed E-state index contributed by atoms with van der Waals surface area (Å²) in [5.74, 6) is 1.74. The topological polar surface area (TPSA) is 58.5 Å². The summed E-state index contributed by atoms with van der Waals surface area (Å²) in [7, 11) is 0. The van der Waals surface area contributed by atoms with Gasteiger partial charge in [0.15, 0.2) is 5.96 Å². The van der Waals surface area contributed by atoms with Crippen molar-refractivity contribution in [1.82, 2.24) is 15.6 Å². The summed E-state index contributed by atoms with van der Waals surface area (Å²) in [6, 6.07) is 14.4. The first kappa shape index (κ1) is 18.2. The van der Waals surface area contributed by atoms with Crippen LogP contribution in [0.3, 0.4) is 0 Å². The molecule has 1 aromatic heterocycles. The molecule has 1 aromatic carbocycles. The third-order valence-corrected chi connectivity index (χ3v) is 4.38. The van der Waals surface area contributed by atoms with Gasteiger partial charge in [-0.1, -0.05) is 24.3 Å². The Kier molecular flexibility index (Phi) is 5.45. The van der Waals surface area contributed by atoms with E-state index in [4.69, 9.17) is 9.73 Å². The number of rotatable bonds is 4. The molecule has 2 N–H and O–H groups in total. The van der Waals surface area contributed by atoms with Gasteiger partial charge < -0.3 is 15.4 Å². The number of aryl methyl sites for hydroxylation is 1. The van der Waals surface area contributed by atoms with Crippen LogP contribution in [0.4, 0.5) is 0 Å². The molecule has 2 aromatic rings. The molecule has 3 rings (SSSR count). The largest absolute Gasteiger partial charge is 0.487 e. The Morgan fingerprint density at radius 1 is 1.23 bits per heavy atom. The number of pyridine rings is 1. The molecule has 1 aliphatic rings. The number of para-hydroxylation sites is 1. The van der Waals surface area contributed by atoms with Crippen LogP contribution in [0.2, 0.25) is 0 Å². The molecule has 5 nitrogen and oxygen atoms in total. The number of nitrogens with one attached hydrogen (secondary N) is 2. The highest BCUT2D eigenvalue weighted by atomic mass is 16.5. The first-order valence-corrected chi connectivity index (χ1v) is 9.22. The van der Waals surface area contributed by atoms with Crippen LogP contribution in [0.25, 0.3) is 0 Å². The number of aromatic nitrogens is 1. The summed E-state index contributed by atoms with van der Waals surface area (Å²) in [4.78, 5) is 9.26. The number of ether oxygens (including phenoxy) is 1. The minimum absolute atomic E-state index is 0.151. The normalized spacial score (nSPS) is 18.6. The van der Waals surface area contributed by atoms with Crippen LogP contribution in [0.5, 0.6) is 5.75 Å². The molecule has 2 heterocycles. The summed E-state index contributed by atoms with van der Waals surface area (Å²) in [6.07, 6.45) is 0.872. The van der Waals surface area contributed by atoms with Gasteiger partial charge >= 0.3 is 0 Å². The predicted molar refractivity (Wildman–Crippen MR) is 105 cm³/mol. The van der Waals surface area contributed by atoms with Crippen molar-refractivity contribution in [2.45, 2.75) is 52.3 Å². The highest BCUT2D eigenvalue weighted by molar-refractivity contribution is 5.80. The summed E-state index contributed by atoms with van der Waals surface area (Å²) >= 11 is 0. The van der Waals surface area contributed by atoms with Crippen LogP contribution in [-0.4, -0.2) is 23.1 Å². The van der Waals surface area contributed by atoms with Gasteiger partial charge in [0.2, 0.25) is 0 Å². The van der Waals surface area contributed by atoms with Gasteiger partial charge in [0.1, 0.15) is 11.4 Å². The number of guanidine groups is 1. The van der Waals surface area contributed by atoms with E-state index in [9.17, 15) is 0 Å². The standard InChI is InChI=1S/C21H28N4O/c1-5-22-20(23-14-16-10-8-9-15(2)24-16)25-18-13-21(3,4)26-19-12-7-6-11-17(18)19/h6-12,18H,5,13-14H2,1-4H3,(H2,22,23,25). The molecule has 26 heavy (non-hydrogen) atoms. The Labute approximate surface area is 155 Å². The van der Waals surface area contributed by atoms with Crippen LogP contribution in [0, 0.1) is 6.92 Å². The van der Waals surface area contributed by atoms with Gasteiger partial charge in [-0.05, 0) is 45.9 Å². The SMILES string of the molecule is CCNC(=NCc1cccc(C)n1)NC1CC(C)(C)Oc2ccccc21. The Balaban J connectivity index is 1.80. The fourth-order valence-corrected chi connectivity index (χ4v) is 3.26. The second kappa shape index (κ2) is 7.77. The molecule has 0 saturated heterocycles. The Bertz CT molecular complexity index is 785. The van der Waals surface area contributed by atoms with E-state index >= 15 is 0 Å². The van der Waals surface area contributed by atoms with Gasteiger partial charge in [-0.2, -0.15) is 0 Å². The van der Waals surface area contributed by atoms with E-state index in [1.807, 2.05) is 37.3 Å².